The van der Waals surface area contributed by atoms with Crippen LogP contribution in [0.3, 0.4) is 0 Å². The number of fused-ring (bicyclic) bond motifs is 1. The fourth-order valence-corrected chi connectivity index (χ4v) is 5.59. The van der Waals surface area contributed by atoms with Gasteiger partial charge in [-0.1, -0.05) is 140 Å². The topological polar surface area (TPSA) is 64.5 Å². The van der Waals surface area contributed by atoms with Crippen molar-refractivity contribution in [1.29, 1.82) is 0 Å². The molecule has 2 aromatic heterocycles. The molecular weight excluding hydrogens is 562 g/mol. The van der Waals surface area contributed by atoms with Crippen molar-refractivity contribution < 1.29 is 0 Å². The summed E-state index contributed by atoms with van der Waals surface area (Å²) in [5.74, 6) is 2.20. The number of hydrogen-bond acceptors (Lipinski definition) is 5. The Kier molecular flexibility index (Phi) is 6.99. The van der Waals surface area contributed by atoms with Crippen LogP contribution in [0.4, 0.5) is 0 Å². The summed E-state index contributed by atoms with van der Waals surface area (Å²) < 4.78 is 0. The highest BCUT2D eigenvalue weighted by atomic mass is 15.0. The number of aromatic nitrogens is 5. The van der Waals surface area contributed by atoms with Gasteiger partial charge in [-0.2, -0.15) is 0 Å². The van der Waals surface area contributed by atoms with Gasteiger partial charge in [0.25, 0.3) is 0 Å². The molecule has 8 aromatic rings. The number of rotatable bonds is 6. The van der Waals surface area contributed by atoms with E-state index in [0.717, 1.165) is 55.5 Å². The molecule has 214 valence electrons. The van der Waals surface area contributed by atoms with Gasteiger partial charge >= 0.3 is 0 Å². The van der Waals surface area contributed by atoms with Gasteiger partial charge in [0.15, 0.2) is 23.3 Å². The lowest BCUT2D eigenvalue weighted by Gasteiger charge is -2.15. The van der Waals surface area contributed by atoms with Gasteiger partial charge in [-0.05, 0) is 35.0 Å². The van der Waals surface area contributed by atoms with Gasteiger partial charge in [-0.15, -0.1) is 0 Å². The second-order valence-electron chi connectivity index (χ2n) is 10.8. The van der Waals surface area contributed by atoms with E-state index < -0.39 is 0 Å². The fraction of sp³-hybridized carbons (Fsp3) is 0. The monoisotopic (exact) mass is 587 g/mol. The van der Waals surface area contributed by atoms with E-state index in [1.165, 1.54) is 0 Å². The van der Waals surface area contributed by atoms with Crippen molar-refractivity contribution in [1.82, 2.24) is 24.9 Å². The molecule has 0 aliphatic heterocycles. The summed E-state index contributed by atoms with van der Waals surface area (Å²) in [5, 5.41) is 2.06. The van der Waals surface area contributed by atoms with Crippen LogP contribution in [0.15, 0.2) is 152 Å². The molecule has 46 heavy (non-hydrogen) atoms. The predicted molar refractivity (Wildman–Crippen MR) is 183 cm³/mol. The molecule has 0 atom stereocenters. The zero-order valence-electron chi connectivity index (χ0n) is 24.7. The lowest BCUT2D eigenvalue weighted by molar-refractivity contribution is 1.07. The molecule has 0 saturated heterocycles. The highest BCUT2D eigenvalue weighted by Gasteiger charge is 2.21. The Morgan fingerprint density at radius 3 is 1.65 bits per heavy atom. The molecule has 8 rings (SSSR count). The molecule has 0 aliphatic carbocycles. The number of hydrogen-bond donors (Lipinski definition) is 0. The van der Waals surface area contributed by atoms with E-state index in [-0.39, 0.29) is 0 Å². The van der Waals surface area contributed by atoms with Gasteiger partial charge in [0.1, 0.15) is 0 Å². The molecule has 5 heteroatoms. The first-order chi connectivity index (χ1) is 22.8. The summed E-state index contributed by atoms with van der Waals surface area (Å²) >= 11 is 0. The lowest BCUT2D eigenvalue weighted by atomic mass is 9.97. The third-order valence-electron chi connectivity index (χ3n) is 7.82. The van der Waals surface area contributed by atoms with Gasteiger partial charge < -0.3 is 0 Å². The summed E-state index contributed by atoms with van der Waals surface area (Å²) in [7, 11) is 0. The van der Waals surface area contributed by atoms with Crippen molar-refractivity contribution in [2.45, 2.75) is 0 Å². The maximum Gasteiger partial charge on any atom is 0.172 e. The Morgan fingerprint density at radius 2 is 1.00 bits per heavy atom. The third kappa shape index (κ3) is 5.25. The normalized spacial score (nSPS) is 10.9. The van der Waals surface area contributed by atoms with Crippen LogP contribution in [0.1, 0.15) is 0 Å². The molecule has 0 N–H and O–H groups in total. The minimum absolute atomic E-state index is 0.517. The summed E-state index contributed by atoms with van der Waals surface area (Å²) in [6.45, 7) is 0. The molecule has 0 radical (unpaired) electrons. The van der Waals surface area contributed by atoms with Gasteiger partial charge in [0, 0.05) is 27.8 Å². The second-order valence-corrected chi connectivity index (χ2v) is 10.8. The van der Waals surface area contributed by atoms with E-state index in [4.69, 9.17) is 24.9 Å². The van der Waals surface area contributed by atoms with E-state index in [9.17, 15) is 0 Å². The van der Waals surface area contributed by atoms with Crippen LogP contribution in [-0.2, 0) is 0 Å². The standard InChI is InChI=1S/C41H25N5/c1-5-16-29(17-6-1)35-27-36(30-18-7-2-8-19-30)43-40(42-35)34-26-25-28-15-13-14-24-33(28)37(34)41-45-38(31-20-9-3-10-21-31)44-39(46-41)32-22-11-4-12-23-32/h1-11,13-22,24-27H. The SMILES string of the molecule is c1cccc(-c2nc(-c3ccccc3)nc(-c3c(-c4nc(-c5ccccc5)cc(-c5ccccc5)n4)ccc4ccccc34)n2)c#1. The van der Waals surface area contributed by atoms with E-state index >= 15 is 0 Å². The van der Waals surface area contributed by atoms with Crippen molar-refractivity contribution in [2.24, 2.45) is 0 Å². The van der Waals surface area contributed by atoms with Crippen LogP contribution in [0.5, 0.6) is 0 Å². The first-order valence-corrected chi connectivity index (χ1v) is 15.0. The molecule has 0 spiro atoms. The van der Waals surface area contributed by atoms with Crippen LogP contribution in [0.25, 0.3) is 78.8 Å². The summed E-state index contributed by atoms with van der Waals surface area (Å²) in [5.41, 5.74) is 6.97. The molecule has 0 fully saturated rings. The summed E-state index contributed by atoms with van der Waals surface area (Å²) in [4.78, 5) is 25.4. The van der Waals surface area contributed by atoms with Crippen molar-refractivity contribution in [3.05, 3.63) is 164 Å². The maximum absolute atomic E-state index is 5.16. The quantitative estimate of drug-likeness (QED) is 0.194. The van der Waals surface area contributed by atoms with Crippen LogP contribution in [0.2, 0.25) is 0 Å². The average Bonchev–Trinajstić information content (AvgIpc) is 3.15. The highest BCUT2D eigenvalue weighted by Crippen LogP contribution is 2.38. The molecular formula is C41H25N5. The predicted octanol–water partition coefficient (Wildman–Crippen LogP) is 9.42. The van der Waals surface area contributed by atoms with E-state index in [1.54, 1.807) is 0 Å². The van der Waals surface area contributed by atoms with Crippen molar-refractivity contribution >= 4 is 10.8 Å². The van der Waals surface area contributed by atoms with Crippen LogP contribution in [0, 0.1) is 12.1 Å². The summed E-state index contributed by atoms with van der Waals surface area (Å²) in [6, 6.07) is 56.7. The van der Waals surface area contributed by atoms with Crippen molar-refractivity contribution in [2.75, 3.05) is 0 Å². The van der Waals surface area contributed by atoms with Gasteiger partial charge in [0.05, 0.1) is 17.0 Å². The van der Waals surface area contributed by atoms with E-state index in [0.29, 0.717) is 23.3 Å². The first kappa shape index (κ1) is 27.1. The minimum Gasteiger partial charge on any atom is -0.228 e. The largest absolute Gasteiger partial charge is 0.228 e. The Bertz CT molecular complexity index is 2170. The minimum atomic E-state index is 0.517. The second kappa shape index (κ2) is 11.9. The Morgan fingerprint density at radius 1 is 0.413 bits per heavy atom. The zero-order chi connectivity index (χ0) is 30.7. The van der Waals surface area contributed by atoms with Crippen LogP contribution < -0.4 is 0 Å². The van der Waals surface area contributed by atoms with Crippen LogP contribution >= 0.6 is 0 Å². The molecule has 0 aliphatic rings. The molecule has 0 unspecified atom stereocenters. The van der Waals surface area contributed by atoms with Crippen molar-refractivity contribution in [3.8, 4) is 68.1 Å². The zero-order valence-corrected chi connectivity index (χ0v) is 24.7. The van der Waals surface area contributed by atoms with E-state index in [1.807, 2.05) is 103 Å². The molecule has 6 aromatic carbocycles. The van der Waals surface area contributed by atoms with Crippen molar-refractivity contribution in [3.63, 3.8) is 0 Å². The summed E-state index contributed by atoms with van der Waals surface area (Å²) in [6.07, 6.45) is 0. The molecule has 0 bridgehead atoms. The third-order valence-corrected chi connectivity index (χ3v) is 7.82. The Labute approximate surface area is 267 Å². The van der Waals surface area contributed by atoms with Crippen LogP contribution in [-0.4, -0.2) is 24.9 Å². The van der Waals surface area contributed by atoms with E-state index in [2.05, 4.69) is 60.7 Å². The van der Waals surface area contributed by atoms with Gasteiger partial charge in [-0.25, -0.2) is 24.9 Å². The Hall–Kier alpha value is -6.51. The molecule has 2 heterocycles. The number of benzene rings is 5. The fourth-order valence-electron chi connectivity index (χ4n) is 5.59. The molecule has 0 saturated carbocycles. The maximum atomic E-state index is 5.16. The van der Waals surface area contributed by atoms with Gasteiger partial charge in [0.2, 0.25) is 0 Å². The highest BCUT2D eigenvalue weighted by molar-refractivity contribution is 6.02. The lowest BCUT2D eigenvalue weighted by Crippen LogP contribution is -2.03. The molecule has 0 amide bonds. The molecule has 5 nitrogen and oxygen atoms in total. The average molecular weight is 588 g/mol. The Balaban J connectivity index is 1.43. The smallest absolute Gasteiger partial charge is 0.172 e. The number of nitrogens with zero attached hydrogens (tertiary/aromatic N) is 5. The first-order valence-electron chi connectivity index (χ1n) is 15.0. The van der Waals surface area contributed by atoms with Gasteiger partial charge in [-0.3, -0.25) is 0 Å².